The van der Waals surface area contributed by atoms with Crippen molar-refractivity contribution in [1.82, 2.24) is 0 Å². The fraction of sp³-hybridized carbons (Fsp3) is 0.435. The van der Waals surface area contributed by atoms with Crippen molar-refractivity contribution in [2.24, 2.45) is 0 Å². The molecular weight excluding hydrogens is 340 g/mol. The van der Waals surface area contributed by atoms with Crippen LogP contribution in [0.3, 0.4) is 0 Å². The monoisotopic (exact) mass is 370 g/mol. The number of carboxylic acids is 1. The van der Waals surface area contributed by atoms with Gasteiger partial charge in [0.05, 0.1) is 0 Å². The van der Waals surface area contributed by atoms with E-state index in [9.17, 15) is 15.0 Å². The van der Waals surface area contributed by atoms with E-state index in [1.165, 1.54) is 5.57 Å². The maximum absolute atomic E-state index is 11.7. The Morgan fingerprint density at radius 2 is 2.00 bits per heavy atom. The maximum atomic E-state index is 11.7. The Morgan fingerprint density at radius 3 is 2.56 bits per heavy atom. The minimum Gasteiger partial charge on any atom is -0.507 e. The van der Waals surface area contributed by atoms with Gasteiger partial charge in [-0.1, -0.05) is 23.3 Å². The second kappa shape index (κ2) is 8.03. The molecule has 0 bridgehead atoms. The van der Waals surface area contributed by atoms with Crippen LogP contribution in [0.1, 0.15) is 67.6 Å². The molecule has 4 heteroatoms. The van der Waals surface area contributed by atoms with Crippen LogP contribution >= 0.6 is 0 Å². The summed E-state index contributed by atoms with van der Waals surface area (Å²) in [6.07, 6.45) is 8.67. The molecule has 1 atom stereocenters. The molecule has 2 N–H and O–H groups in total. The molecule has 0 fully saturated rings. The Morgan fingerprint density at radius 1 is 1.33 bits per heavy atom. The van der Waals surface area contributed by atoms with Gasteiger partial charge in [0.25, 0.3) is 0 Å². The molecule has 1 aliphatic rings. The third kappa shape index (κ3) is 4.62. The smallest absolute Gasteiger partial charge is 0.339 e. The number of phenols is 1. The Balaban J connectivity index is 2.56. The van der Waals surface area contributed by atoms with Gasteiger partial charge in [-0.2, -0.15) is 0 Å². The number of hydrogen-bond donors (Lipinski definition) is 2. The van der Waals surface area contributed by atoms with Gasteiger partial charge in [-0.3, -0.25) is 0 Å². The predicted octanol–water partition coefficient (Wildman–Crippen LogP) is 5.51. The molecule has 0 aliphatic carbocycles. The fourth-order valence-electron chi connectivity index (χ4n) is 3.41. The second-order valence-electron chi connectivity index (χ2n) is 7.91. The van der Waals surface area contributed by atoms with Gasteiger partial charge < -0.3 is 14.9 Å². The highest BCUT2D eigenvalue weighted by Gasteiger charge is 2.35. The summed E-state index contributed by atoms with van der Waals surface area (Å²) in [5.74, 6) is -0.641. The summed E-state index contributed by atoms with van der Waals surface area (Å²) in [5, 5.41) is 20.2. The van der Waals surface area contributed by atoms with Gasteiger partial charge in [-0.05, 0) is 77.5 Å². The third-order valence-corrected chi connectivity index (χ3v) is 5.00. The van der Waals surface area contributed by atoms with Crippen molar-refractivity contribution in [1.29, 1.82) is 0 Å². The van der Waals surface area contributed by atoms with E-state index < -0.39 is 11.6 Å². The Kier molecular flexibility index (Phi) is 6.19. The number of fused-ring (bicyclic) bond motifs is 1. The lowest BCUT2D eigenvalue weighted by molar-refractivity contribution is 0.0691. The predicted molar refractivity (Wildman–Crippen MR) is 109 cm³/mol. The Hall–Kier alpha value is -2.49. The molecule has 1 heterocycles. The molecule has 1 unspecified atom stereocenters. The van der Waals surface area contributed by atoms with Crippen LogP contribution in [0.5, 0.6) is 11.5 Å². The highest BCUT2D eigenvalue weighted by molar-refractivity contribution is 5.94. The summed E-state index contributed by atoms with van der Waals surface area (Å²) in [7, 11) is 0. The van der Waals surface area contributed by atoms with Crippen molar-refractivity contribution in [3.05, 3.63) is 58.2 Å². The molecule has 0 amide bonds. The van der Waals surface area contributed by atoms with Crippen molar-refractivity contribution in [2.75, 3.05) is 0 Å². The lowest BCUT2D eigenvalue weighted by Gasteiger charge is -2.36. The number of carboxylic acid groups (broad SMARTS) is 1. The van der Waals surface area contributed by atoms with Crippen molar-refractivity contribution >= 4 is 5.97 Å². The van der Waals surface area contributed by atoms with Gasteiger partial charge in [0, 0.05) is 5.56 Å². The number of aromatic hydroxyl groups is 1. The Labute approximate surface area is 161 Å². The van der Waals surface area contributed by atoms with Crippen LogP contribution < -0.4 is 4.74 Å². The van der Waals surface area contributed by atoms with E-state index >= 15 is 0 Å². The number of ether oxygens (including phenoxy) is 1. The van der Waals surface area contributed by atoms with Gasteiger partial charge in [-0.25, -0.2) is 4.79 Å². The van der Waals surface area contributed by atoms with E-state index in [1.54, 1.807) is 6.92 Å². The molecule has 0 saturated heterocycles. The molecule has 1 aromatic carbocycles. The van der Waals surface area contributed by atoms with E-state index in [1.807, 2.05) is 45.9 Å². The third-order valence-electron chi connectivity index (χ3n) is 5.00. The van der Waals surface area contributed by atoms with E-state index in [0.29, 0.717) is 36.1 Å². The minimum atomic E-state index is -1.11. The first-order valence-corrected chi connectivity index (χ1v) is 9.32. The van der Waals surface area contributed by atoms with Crippen LogP contribution in [0, 0.1) is 6.92 Å². The average Bonchev–Trinajstić information content (AvgIpc) is 2.53. The Bertz CT molecular complexity index is 826. The van der Waals surface area contributed by atoms with Gasteiger partial charge >= 0.3 is 5.97 Å². The minimum absolute atomic E-state index is 0.0160. The van der Waals surface area contributed by atoms with Crippen LogP contribution in [0.4, 0.5) is 0 Å². The first-order valence-electron chi connectivity index (χ1n) is 9.32. The molecule has 0 saturated carbocycles. The molecule has 2 rings (SSSR count). The molecule has 0 radical (unpaired) electrons. The average molecular weight is 370 g/mol. The number of hydrogen-bond acceptors (Lipinski definition) is 3. The van der Waals surface area contributed by atoms with Gasteiger partial charge in [-0.15, -0.1) is 6.58 Å². The highest BCUT2D eigenvalue weighted by atomic mass is 16.5. The van der Waals surface area contributed by atoms with Crippen LogP contribution in [0.15, 0.2) is 36.0 Å². The van der Waals surface area contributed by atoms with Crippen molar-refractivity contribution in [3.63, 3.8) is 0 Å². The highest BCUT2D eigenvalue weighted by Crippen LogP contribution is 2.45. The summed E-state index contributed by atoms with van der Waals surface area (Å²) >= 11 is 0. The first kappa shape index (κ1) is 20.8. The SMILES string of the molecule is C=C(C)CCc1c(C)c(C(=O)O)c(O)c2c1OC(C)(/C=C/C=C(C)C)CC2. The molecule has 1 aliphatic heterocycles. The summed E-state index contributed by atoms with van der Waals surface area (Å²) in [4.78, 5) is 11.7. The van der Waals surface area contributed by atoms with Crippen molar-refractivity contribution < 1.29 is 19.7 Å². The van der Waals surface area contributed by atoms with Crippen molar-refractivity contribution in [3.8, 4) is 11.5 Å². The quantitative estimate of drug-likeness (QED) is 0.511. The van der Waals surface area contributed by atoms with E-state index in [4.69, 9.17) is 4.74 Å². The fourth-order valence-corrected chi connectivity index (χ4v) is 3.41. The molecule has 27 heavy (non-hydrogen) atoms. The number of benzene rings is 1. The summed E-state index contributed by atoms with van der Waals surface area (Å²) in [6.45, 7) is 13.7. The molecule has 0 aromatic heterocycles. The topological polar surface area (TPSA) is 66.8 Å². The van der Waals surface area contributed by atoms with Crippen LogP contribution in [-0.4, -0.2) is 21.8 Å². The lowest BCUT2D eigenvalue weighted by atomic mass is 9.85. The molecule has 0 spiro atoms. The zero-order valence-electron chi connectivity index (χ0n) is 17.0. The maximum Gasteiger partial charge on any atom is 0.339 e. The number of allylic oxidation sites excluding steroid dienone is 4. The normalized spacial score (nSPS) is 18.7. The first-order chi connectivity index (χ1) is 12.6. The second-order valence-corrected chi connectivity index (χ2v) is 7.91. The molecular formula is C23H30O4. The van der Waals surface area contributed by atoms with E-state index in [-0.39, 0.29) is 11.3 Å². The largest absolute Gasteiger partial charge is 0.507 e. The number of carbonyl (C=O) groups is 1. The van der Waals surface area contributed by atoms with Gasteiger partial charge in [0.2, 0.25) is 0 Å². The summed E-state index contributed by atoms with van der Waals surface area (Å²) < 4.78 is 6.36. The van der Waals surface area contributed by atoms with Crippen LogP contribution in [0.25, 0.3) is 0 Å². The van der Waals surface area contributed by atoms with Crippen molar-refractivity contribution in [2.45, 2.75) is 65.9 Å². The zero-order valence-corrected chi connectivity index (χ0v) is 17.0. The summed E-state index contributed by atoms with van der Waals surface area (Å²) in [5.41, 5.74) is 3.73. The van der Waals surface area contributed by atoms with Crippen LogP contribution in [0.2, 0.25) is 0 Å². The zero-order chi connectivity index (χ0) is 20.4. The van der Waals surface area contributed by atoms with E-state index in [2.05, 4.69) is 6.58 Å². The summed E-state index contributed by atoms with van der Waals surface area (Å²) in [6, 6.07) is 0. The number of aromatic carboxylic acids is 1. The molecule has 1 aromatic rings. The van der Waals surface area contributed by atoms with E-state index in [0.717, 1.165) is 17.6 Å². The molecule has 4 nitrogen and oxygen atoms in total. The standard InChI is InChI=1S/C23H30O4/c1-14(2)8-7-12-23(6)13-11-18-20(24)19(22(25)26)16(5)17(21(18)27-23)10-9-15(3)4/h7-8,12,24H,3,9-11,13H2,1-2,4-6H3,(H,25,26)/b12-7+. The van der Waals surface area contributed by atoms with Gasteiger partial charge in [0.15, 0.2) is 0 Å². The van der Waals surface area contributed by atoms with Crippen LogP contribution in [-0.2, 0) is 12.8 Å². The lowest BCUT2D eigenvalue weighted by Crippen LogP contribution is -2.35. The van der Waals surface area contributed by atoms with Gasteiger partial charge in [0.1, 0.15) is 22.7 Å². The molecule has 146 valence electrons. The number of rotatable bonds is 6.